The van der Waals surface area contributed by atoms with Crippen molar-refractivity contribution in [1.29, 1.82) is 0 Å². The number of nitrogens with zero attached hydrogens (tertiary/aromatic N) is 1. The topological polar surface area (TPSA) is 72.6 Å². The van der Waals surface area contributed by atoms with E-state index in [1.807, 2.05) is 38.1 Å². The van der Waals surface area contributed by atoms with Crippen LogP contribution in [0.25, 0.3) is 0 Å². The van der Waals surface area contributed by atoms with Crippen molar-refractivity contribution in [2.75, 3.05) is 0 Å². The lowest BCUT2D eigenvalue weighted by Gasteiger charge is -2.40. The Kier molecular flexibility index (Phi) is 5.18. The standard InChI is InChI=1S/C19H22BrNO4/c1-3-13-5-6-16(24-13)15-10-14(8-9-19(15,2)18(22)23)25-17-7-4-12(20)11-21-17/h4-7,11,14-15H,3,8-10H2,1-2H3,(H,22,23). The molecule has 0 radical (unpaired) electrons. The molecule has 1 aliphatic rings. The highest BCUT2D eigenvalue weighted by Crippen LogP contribution is 2.48. The van der Waals surface area contributed by atoms with Crippen molar-refractivity contribution in [2.45, 2.75) is 51.6 Å². The molecule has 1 N–H and O–H groups in total. The Bertz CT molecular complexity index is 742. The second-order valence-electron chi connectivity index (χ2n) is 6.76. The third-order valence-electron chi connectivity index (χ3n) is 5.10. The highest BCUT2D eigenvalue weighted by molar-refractivity contribution is 9.10. The zero-order chi connectivity index (χ0) is 18.0. The van der Waals surface area contributed by atoms with E-state index in [-0.39, 0.29) is 12.0 Å². The van der Waals surface area contributed by atoms with Crippen LogP contribution in [0.5, 0.6) is 5.88 Å². The minimum atomic E-state index is -0.851. The van der Waals surface area contributed by atoms with Gasteiger partial charge in [-0.25, -0.2) is 4.98 Å². The molecule has 3 atom stereocenters. The van der Waals surface area contributed by atoms with Gasteiger partial charge in [-0.15, -0.1) is 0 Å². The Morgan fingerprint density at radius 3 is 2.84 bits per heavy atom. The quantitative estimate of drug-likeness (QED) is 0.769. The average molecular weight is 408 g/mol. The molecule has 2 aromatic heterocycles. The number of ether oxygens (including phenoxy) is 1. The maximum absolute atomic E-state index is 11.9. The number of carboxylic acid groups (broad SMARTS) is 1. The molecular weight excluding hydrogens is 386 g/mol. The number of hydrogen-bond acceptors (Lipinski definition) is 4. The molecule has 0 saturated heterocycles. The minimum Gasteiger partial charge on any atom is -0.481 e. The summed E-state index contributed by atoms with van der Waals surface area (Å²) in [5.74, 6) is 1.16. The minimum absolute atomic E-state index is 0.0822. The summed E-state index contributed by atoms with van der Waals surface area (Å²) < 4.78 is 12.8. The predicted octanol–water partition coefficient (Wildman–Crippen LogP) is 4.81. The van der Waals surface area contributed by atoms with E-state index in [4.69, 9.17) is 9.15 Å². The fraction of sp³-hybridized carbons (Fsp3) is 0.474. The monoisotopic (exact) mass is 407 g/mol. The van der Waals surface area contributed by atoms with Crippen LogP contribution < -0.4 is 4.74 Å². The molecule has 5 nitrogen and oxygen atoms in total. The number of rotatable bonds is 5. The van der Waals surface area contributed by atoms with Crippen LogP contribution in [0.2, 0.25) is 0 Å². The fourth-order valence-corrected chi connectivity index (χ4v) is 3.68. The van der Waals surface area contributed by atoms with E-state index in [0.29, 0.717) is 25.1 Å². The van der Waals surface area contributed by atoms with E-state index in [0.717, 1.165) is 22.4 Å². The van der Waals surface area contributed by atoms with Crippen molar-refractivity contribution >= 4 is 21.9 Å². The molecule has 2 heterocycles. The SMILES string of the molecule is CCc1ccc(C2CC(Oc3ccc(Br)cn3)CCC2(C)C(=O)O)o1. The van der Waals surface area contributed by atoms with Gasteiger partial charge in [-0.05, 0) is 60.3 Å². The Hall–Kier alpha value is -1.82. The number of aryl methyl sites for hydroxylation is 1. The number of hydrogen-bond donors (Lipinski definition) is 1. The number of pyridine rings is 1. The number of aromatic nitrogens is 1. The largest absolute Gasteiger partial charge is 0.481 e. The van der Waals surface area contributed by atoms with Gasteiger partial charge in [0.25, 0.3) is 0 Å². The lowest BCUT2D eigenvalue weighted by molar-refractivity contribution is -0.152. The van der Waals surface area contributed by atoms with Crippen molar-refractivity contribution in [3.8, 4) is 5.88 Å². The highest BCUT2D eigenvalue weighted by Gasteiger charge is 2.48. The van der Waals surface area contributed by atoms with E-state index in [1.165, 1.54) is 0 Å². The molecule has 2 aromatic rings. The number of carbonyl (C=O) groups is 1. The first kappa shape index (κ1) is 18.0. The van der Waals surface area contributed by atoms with Gasteiger partial charge in [-0.3, -0.25) is 4.79 Å². The van der Waals surface area contributed by atoms with Gasteiger partial charge in [-0.2, -0.15) is 0 Å². The molecule has 134 valence electrons. The van der Waals surface area contributed by atoms with Crippen molar-refractivity contribution in [3.05, 3.63) is 46.5 Å². The van der Waals surface area contributed by atoms with Gasteiger partial charge in [0.1, 0.15) is 17.6 Å². The molecule has 3 rings (SSSR count). The highest BCUT2D eigenvalue weighted by atomic mass is 79.9. The van der Waals surface area contributed by atoms with Crippen molar-refractivity contribution in [3.63, 3.8) is 0 Å². The molecule has 25 heavy (non-hydrogen) atoms. The summed E-state index contributed by atoms with van der Waals surface area (Å²) in [5.41, 5.74) is -0.851. The summed E-state index contributed by atoms with van der Waals surface area (Å²) in [6.07, 6.45) is 4.21. The van der Waals surface area contributed by atoms with Crippen LogP contribution in [0.15, 0.2) is 39.4 Å². The molecule has 1 fully saturated rings. The molecule has 1 saturated carbocycles. The Morgan fingerprint density at radius 2 is 2.24 bits per heavy atom. The van der Waals surface area contributed by atoms with Gasteiger partial charge < -0.3 is 14.3 Å². The molecule has 0 spiro atoms. The van der Waals surface area contributed by atoms with Gasteiger partial charge in [0.2, 0.25) is 5.88 Å². The van der Waals surface area contributed by atoms with Crippen LogP contribution >= 0.6 is 15.9 Å². The molecule has 6 heteroatoms. The van der Waals surface area contributed by atoms with Crippen LogP contribution in [0.1, 0.15) is 50.5 Å². The summed E-state index contributed by atoms with van der Waals surface area (Å²) >= 11 is 3.36. The lowest BCUT2D eigenvalue weighted by Crippen LogP contribution is -2.42. The number of carboxylic acids is 1. The molecule has 0 aromatic carbocycles. The van der Waals surface area contributed by atoms with Gasteiger partial charge in [0.15, 0.2) is 0 Å². The lowest BCUT2D eigenvalue weighted by atomic mass is 9.65. The first-order valence-electron chi connectivity index (χ1n) is 8.52. The van der Waals surface area contributed by atoms with Gasteiger partial charge in [0, 0.05) is 29.1 Å². The maximum atomic E-state index is 11.9. The van der Waals surface area contributed by atoms with Crippen molar-refractivity contribution in [2.24, 2.45) is 5.41 Å². The smallest absolute Gasteiger partial charge is 0.310 e. The Labute approximate surface area is 155 Å². The number of furan rings is 1. The van der Waals surface area contributed by atoms with Crippen LogP contribution in [-0.4, -0.2) is 22.2 Å². The fourth-order valence-electron chi connectivity index (χ4n) is 3.44. The zero-order valence-corrected chi connectivity index (χ0v) is 16.0. The summed E-state index contributed by atoms with van der Waals surface area (Å²) in [4.78, 5) is 16.2. The first-order chi connectivity index (χ1) is 11.9. The van der Waals surface area contributed by atoms with Gasteiger partial charge >= 0.3 is 5.97 Å². The molecule has 0 bridgehead atoms. The van der Waals surface area contributed by atoms with Crippen LogP contribution in [0.4, 0.5) is 0 Å². The third kappa shape index (κ3) is 3.73. The van der Waals surface area contributed by atoms with Crippen LogP contribution in [0, 0.1) is 5.41 Å². The van der Waals surface area contributed by atoms with Crippen LogP contribution in [0.3, 0.4) is 0 Å². The van der Waals surface area contributed by atoms with Crippen molar-refractivity contribution < 1.29 is 19.1 Å². The third-order valence-corrected chi connectivity index (χ3v) is 5.57. The van der Waals surface area contributed by atoms with Gasteiger partial charge in [-0.1, -0.05) is 6.92 Å². The summed E-state index contributed by atoms with van der Waals surface area (Å²) in [6, 6.07) is 7.53. The normalized spacial score (nSPS) is 26.4. The number of aliphatic carboxylic acids is 1. The molecule has 3 unspecified atom stereocenters. The molecule has 0 amide bonds. The van der Waals surface area contributed by atoms with Gasteiger partial charge in [0.05, 0.1) is 5.41 Å². The predicted molar refractivity (Wildman–Crippen MR) is 96.8 cm³/mol. The second kappa shape index (κ2) is 7.20. The van der Waals surface area contributed by atoms with E-state index >= 15 is 0 Å². The molecule has 0 aliphatic heterocycles. The maximum Gasteiger partial charge on any atom is 0.310 e. The zero-order valence-electron chi connectivity index (χ0n) is 14.4. The van der Waals surface area contributed by atoms with Crippen molar-refractivity contribution in [1.82, 2.24) is 4.98 Å². The summed E-state index contributed by atoms with van der Waals surface area (Å²) in [5, 5.41) is 9.80. The Morgan fingerprint density at radius 1 is 1.44 bits per heavy atom. The van der Waals surface area contributed by atoms with E-state index in [9.17, 15) is 9.90 Å². The van der Waals surface area contributed by atoms with E-state index in [1.54, 1.807) is 6.20 Å². The van der Waals surface area contributed by atoms with Crippen LogP contribution in [-0.2, 0) is 11.2 Å². The van der Waals surface area contributed by atoms with E-state index in [2.05, 4.69) is 20.9 Å². The Balaban J connectivity index is 1.82. The summed E-state index contributed by atoms with van der Waals surface area (Å²) in [6.45, 7) is 3.83. The summed E-state index contributed by atoms with van der Waals surface area (Å²) in [7, 11) is 0. The van der Waals surface area contributed by atoms with E-state index < -0.39 is 11.4 Å². The second-order valence-corrected chi connectivity index (χ2v) is 7.68. The number of halogens is 1. The first-order valence-corrected chi connectivity index (χ1v) is 9.32. The average Bonchev–Trinajstić information content (AvgIpc) is 3.07. The molecule has 1 aliphatic carbocycles. The molecular formula is C19H22BrNO4.